The Morgan fingerprint density at radius 1 is 0.295 bits per heavy atom. The zero-order valence-corrected chi connectivity index (χ0v) is 70.1. The van der Waals surface area contributed by atoms with Crippen molar-refractivity contribution in [2.24, 2.45) is 5.92 Å². The van der Waals surface area contributed by atoms with Gasteiger partial charge in [-0.2, -0.15) is 0 Å². The number of carbonyl (C=O) groups is 4. The summed E-state index contributed by atoms with van der Waals surface area (Å²) in [6.45, 7) is 7.33. The maximum absolute atomic E-state index is 13.1. The summed E-state index contributed by atoms with van der Waals surface area (Å²) >= 11 is 0. The standard InChI is InChI=1S/C86H164O17P2/c1-6-9-12-15-18-21-24-26-28-29-33-37-40-45-50-55-60-65-70-84(89)97-76-82(103-86(91)72-67-62-57-52-47-42-38-34-31-30-32-36-39-44-48-53-58-63-68-79(4)5)78-101-105(94,95)99-74-80(87)73-98-104(92,93)100-77-81(75-96-83(88)69-64-59-54-49-43-23-20-17-14-11-8-3)102-85(90)71-66-61-56-51-46-41-35-27-25-22-19-16-13-10-7-2/h22,25,27,35,79-82,87H,6-21,23-24,26,28-34,36-78H2,1-5H3,(H,92,93)(H,94,95)/b25-22-,35-27-/t80-,81+,82+/m0/s1. The second kappa shape index (κ2) is 78.2. The normalized spacial score (nSPS) is 13.9. The van der Waals surface area contributed by atoms with Crippen molar-refractivity contribution in [3.63, 3.8) is 0 Å². The number of unbranched alkanes of at least 4 members (excludes halogenated alkanes) is 53. The van der Waals surface area contributed by atoms with Crippen LogP contribution in [0.1, 0.15) is 439 Å². The molecule has 0 fully saturated rings. The summed E-state index contributed by atoms with van der Waals surface area (Å²) in [4.78, 5) is 73.2. The van der Waals surface area contributed by atoms with Crippen molar-refractivity contribution in [2.75, 3.05) is 39.6 Å². The monoisotopic (exact) mass is 1530 g/mol. The van der Waals surface area contributed by atoms with Gasteiger partial charge in [0.1, 0.15) is 19.3 Å². The quantitative estimate of drug-likeness (QED) is 0.0169. The molecule has 105 heavy (non-hydrogen) atoms. The molecule has 0 saturated carbocycles. The van der Waals surface area contributed by atoms with E-state index in [2.05, 4.69) is 58.9 Å². The summed E-state index contributed by atoms with van der Waals surface area (Å²) in [7, 11) is -9.94. The molecule has 0 aliphatic rings. The molecular weight excluding hydrogens is 1370 g/mol. The van der Waals surface area contributed by atoms with Crippen molar-refractivity contribution in [1.82, 2.24) is 0 Å². The van der Waals surface area contributed by atoms with Gasteiger partial charge in [0.15, 0.2) is 12.2 Å². The molecule has 0 spiro atoms. The van der Waals surface area contributed by atoms with E-state index in [1.54, 1.807) is 0 Å². The first kappa shape index (κ1) is 103. The van der Waals surface area contributed by atoms with Gasteiger partial charge in [0.2, 0.25) is 0 Å². The van der Waals surface area contributed by atoms with Crippen LogP contribution in [0.15, 0.2) is 24.3 Å². The molecule has 17 nitrogen and oxygen atoms in total. The van der Waals surface area contributed by atoms with Gasteiger partial charge in [0.25, 0.3) is 0 Å². The Morgan fingerprint density at radius 3 is 0.781 bits per heavy atom. The van der Waals surface area contributed by atoms with E-state index in [1.807, 2.05) is 0 Å². The highest BCUT2D eigenvalue weighted by atomic mass is 31.2. The molecule has 0 aromatic rings. The number of allylic oxidation sites excluding steroid dienone is 4. The van der Waals surface area contributed by atoms with Gasteiger partial charge in [-0.3, -0.25) is 37.3 Å². The maximum Gasteiger partial charge on any atom is 0.472 e. The molecule has 0 rings (SSSR count). The number of ether oxygens (including phenoxy) is 4. The second-order valence-corrected chi connectivity index (χ2v) is 33.6. The Bertz CT molecular complexity index is 2090. The lowest BCUT2D eigenvalue weighted by atomic mass is 10.0. The average molecular weight is 1530 g/mol. The van der Waals surface area contributed by atoms with Crippen molar-refractivity contribution in [3.05, 3.63) is 24.3 Å². The zero-order chi connectivity index (χ0) is 76.9. The molecule has 19 heteroatoms. The molecule has 0 amide bonds. The Kier molecular flexibility index (Phi) is 76.4. The van der Waals surface area contributed by atoms with Gasteiger partial charge in [0.05, 0.1) is 26.4 Å². The third-order valence-corrected chi connectivity index (χ3v) is 21.6. The van der Waals surface area contributed by atoms with Crippen molar-refractivity contribution in [1.29, 1.82) is 0 Å². The summed E-state index contributed by atoms with van der Waals surface area (Å²) in [5.74, 6) is -1.31. The highest BCUT2D eigenvalue weighted by Crippen LogP contribution is 2.45. The first-order chi connectivity index (χ1) is 51.0. The van der Waals surface area contributed by atoms with Gasteiger partial charge in [-0.1, -0.05) is 386 Å². The Labute approximate surface area is 643 Å². The van der Waals surface area contributed by atoms with Crippen LogP contribution >= 0.6 is 15.6 Å². The minimum Gasteiger partial charge on any atom is -0.462 e. The van der Waals surface area contributed by atoms with Crippen LogP contribution in [-0.2, 0) is 65.4 Å². The molecule has 0 aliphatic heterocycles. The first-order valence-electron chi connectivity index (χ1n) is 44.0. The van der Waals surface area contributed by atoms with E-state index in [-0.39, 0.29) is 25.7 Å². The Hall–Kier alpha value is -2.46. The molecule has 0 saturated heterocycles. The fourth-order valence-electron chi connectivity index (χ4n) is 12.9. The number of aliphatic hydroxyl groups excluding tert-OH is 1. The maximum atomic E-state index is 13.1. The van der Waals surface area contributed by atoms with Gasteiger partial charge in [-0.25, -0.2) is 9.13 Å². The third kappa shape index (κ3) is 79.4. The van der Waals surface area contributed by atoms with Gasteiger partial charge in [-0.05, 0) is 57.3 Å². The largest absolute Gasteiger partial charge is 0.472 e. The SMILES string of the molecule is CCCCCC/C=C\C=C/CCCCCCCC(=O)O[C@H](COC(=O)CCCCCCCCCCCCC)COP(=O)(O)OC[C@H](O)COP(=O)(O)OC[C@@H](COC(=O)CCCCCCCCCCCCCCCCCCCC)OC(=O)CCCCCCCCCCCCCCCCCCCCC(C)C. The predicted octanol–water partition coefficient (Wildman–Crippen LogP) is 25.9. The van der Waals surface area contributed by atoms with E-state index in [1.165, 1.54) is 250 Å². The van der Waals surface area contributed by atoms with Gasteiger partial charge in [-0.15, -0.1) is 0 Å². The molecule has 0 aliphatic carbocycles. The van der Waals surface area contributed by atoms with E-state index in [0.29, 0.717) is 25.7 Å². The van der Waals surface area contributed by atoms with Gasteiger partial charge >= 0.3 is 39.5 Å². The average Bonchev–Trinajstić information content (AvgIpc) is 0.908. The van der Waals surface area contributed by atoms with Crippen molar-refractivity contribution in [3.8, 4) is 0 Å². The van der Waals surface area contributed by atoms with Crippen LogP contribution in [0.2, 0.25) is 0 Å². The number of phosphoric acid groups is 2. The second-order valence-electron chi connectivity index (χ2n) is 30.7. The van der Waals surface area contributed by atoms with Crippen LogP contribution in [0, 0.1) is 5.92 Å². The predicted molar refractivity (Wildman–Crippen MR) is 432 cm³/mol. The zero-order valence-electron chi connectivity index (χ0n) is 68.4. The fraction of sp³-hybridized carbons (Fsp3) is 0.907. The lowest BCUT2D eigenvalue weighted by molar-refractivity contribution is -0.161. The van der Waals surface area contributed by atoms with Gasteiger partial charge < -0.3 is 33.8 Å². The van der Waals surface area contributed by atoms with Crippen molar-refractivity contribution in [2.45, 2.75) is 457 Å². The summed E-state index contributed by atoms with van der Waals surface area (Å²) in [6, 6.07) is 0. The smallest absolute Gasteiger partial charge is 0.462 e. The van der Waals surface area contributed by atoms with Gasteiger partial charge in [0, 0.05) is 25.7 Å². The molecule has 0 aromatic heterocycles. The summed E-state index contributed by atoms with van der Waals surface area (Å²) in [5.41, 5.74) is 0. The van der Waals surface area contributed by atoms with Crippen molar-refractivity contribution >= 4 is 39.5 Å². The highest BCUT2D eigenvalue weighted by Gasteiger charge is 2.30. The number of rotatable bonds is 84. The number of hydrogen-bond donors (Lipinski definition) is 3. The molecule has 3 N–H and O–H groups in total. The molecule has 2 unspecified atom stereocenters. The Morgan fingerprint density at radius 2 is 0.514 bits per heavy atom. The van der Waals surface area contributed by atoms with Crippen LogP contribution in [0.4, 0.5) is 0 Å². The lowest BCUT2D eigenvalue weighted by Crippen LogP contribution is -2.30. The highest BCUT2D eigenvalue weighted by molar-refractivity contribution is 7.47. The lowest BCUT2D eigenvalue weighted by Gasteiger charge is -2.21. The minimum absolute atomic E-state index is 0.0858. The van der Waals surface area contributed by atoms with Crippen LogP contribution in [0.3, 0.4) is 0 Å². The number of phosphoric ester groups is 2. The van der Waals surface area contributed by atoms with E-state index in [9.17, 15) is 43.2 Å². The summed E-state index contributed by atoms with van der Waals surface area (Å²) in [5, 5.41) is 10.7. The van der Waals surface area contributed by atoms with Crippen LogP contribution in [0.25, 0.3) is 0 Å². The van der Waals surface area contributed by atoms with E-state index >= 15 is 0 Å². The fourth-order valence-corrected chi connectivity index (χ4v) is 14.5. The number of esters is 4. The third-order valence-electron chi connectivity index (χ3n) is 19.7. The van der Waals surface area contributed by atoms with Crippen LogP contribution < -0.4 is 0 Å². The molecular formula is C86H164O17P2. The van der Waals surface area contributed by atoms with E-state index in [0.717, 1.165) is 109 Å². The van der Waals surface area contributed by atoms with Crippen molar-refractivity contribution < 1.29 is 80.2 Å². The van der Waals surface area contributed by atoms with Crippen LogP contribution in [0.5, 0.6) is 0 Å². The Balaban J connectivity index is 5.26. The molecule has 620 valence electrons. The number of carbonyl (C=O) groups excluding carboxylic acids is 4. The van der Waals surface area contributed by atoms with E-state index in [4.69, 9.17) is 37.0 Å². The molecule has 5 atom stereocenters. The molecule has 0 bridgehead atoms. The topological polar surface area (TPSA) is 237 Å². The molecule has 0 heterocycles. The minimum atomic E-state index is -4.97. The van der Waals surface area contributed by atoms with Crippen LogP contribution in [-0.4, -0.2) is 96.7 Å². The molecule has 0 aromatic carbocycles. The summed E-state index contributed by atoms with van der Waals surface area (Å²) < 4.78 is 68.8. The number of hydrogen-bond acceptors (Lipinski definition) is 15. The first-order valence-corrected chi connectivity index (χ1v) is 46.9. The van der Waals surface area contributed by atoms with E-state index < -0.39 is 97.5 Å². The summed E-state index contributed by atoms with van der Waals surface area (Å²) in [6.07, 6.45) is 74.4. The molecule has 0 radical (unpaired) electrons. The number of aliphatic hydroxyl groups is 1.